The standard InChI is InChI=1S/C19H23Br4NO4/c1-5-27-14(25)18(22)13(12-10-8-7-9-11-12)19(23,15(26)28-6-2)17(4,21)24-16(18,3)20/h7-11,13,24H,5-6H2,1-4H3/t13?,16-,17+,18+,19-. The summed E-state index contributed by atoms with van der Waals surface area (Å²) in [5.41, 5.74) is 0.773. The van der Waals surface area contributed by atoms with E-state index in [0.29, 0.717) is 0 Å². The molecule has 0 bridgehead atoms. The third-order valence-corrected chi connectivity index (χ3v) is 10.8. The van der Waals surface area contributed by atoms with E-state index in [-0.39, 0.29) is 13.2 Å². The van der Waals surface area contributed by atoms with Crippen molar-refractivity contribution < 1.29 is 19.1 Å². The summed E-state index contributed by atoms with van der Waals surface area (Å²) in [6.45, 7) is 7.55. The van der Waals surface area contributed by atoms with Gasteiger partial charge in [0.05, 0.1) is 22.1 Å². The predicted octanol–water partition coefficient (Wildman–Crippen LogP) is 4.99. The Morgan fingerprint density at radius 2 is 1.29 bits per heavy atom. The molecule has 2 rings (SSSR count). The second-order valence-electron chi connectivity index (χ2n) is 6.84. The molecule has 9 heteroatoms. The Hall–Kier alpha value is 0.0400. The Bertz CT molecular complexity index is 701. The number of piperidine rings is 1. The van der Waals surface area contributed by atoms with Gasteiger partial charge in [0, 0.05) is 5.92 Å². The third-order valence-electron chi connectivity index (χ3n) is 4.91. The number of esters is 2. The van der Waals surface area contributed by atoms with Gasteiger partial charge in [0.1, 0.15) is 0 Å². The van der Waals surface area contributed by atoms with Crippen molar-refractivity contribution in [3.8, 4) is 0 Å². The topological polar surface area (TPSA) is 64.6 Å². The molecule has 5 nitrogen and oxygen atoms in total. The number of ether oxygens (including phenoxy) is 2. The zero-order chi connectivity index (χ0) is 21.4. The molecule has 0 aliphatic carbocycles. The van der Waals surface area contributed by atoms with Gasteiger partial charge in [-0.1, -0.05) is 94.1 Å². The molecule has 0 spiro atoms. The largest absolute Gasteiger partial charge is 0.465 e. The van der Waals surface area contributed by atoms with Crippen LogP contribution in [0.4, 0.5) is 0 Å². The molecule has 156 valence electrons. The van der Waals surface area contributed by atoms with Crippen LogP contribution < -0.4 is 5.32 Å². The second-order valence-corrected chi connectivity index (χ2v) is 12.5. The summed E-state index contributed by atoms with van der Waals surface area (Å²) >= 11 is 14.7. The van der Waals surface area contributed by atoms with Crippen LogP contribution >= 0.6 is 63.7 Å². The monoisotopic (exact) mass is 645 g/mol. The normalized spacial score (nSPS) is 37.9. The molecule has 0 amide bonds. The first-order chi connectivity index (χ1) is 12.9. The van der Waals surface area contributed by atoms with Crippen molar-refractivity contribution in [2.75, 3.05) is 13.2 Å². The van der Waals surface area contributed by atoms with Crippen LogP contribution in [-0.4, -0.2) is 42.7 Å². The fourth-order valence-corrected chi connectivity index (χ4v) is 7.43. The Morgan fingerprint density at radius 3 is 1.64 bits per heavy atom. The highest BCUT2D eigenvalue weighted by atomic mass is 79.9. The van der Waals surface area contributed by atoms with E-state index in [1.807, 2.05) is 44.2 Å². The molecule has 1 aliphatic heterocycles. The first-order valence-corrected chi connectivity index (χ1v) is 12.0. The van der Waals surface area contributed by atoms with Gasteiger partial charge in [0.25, 0.3) is 0 Å². The number of halogens is 4. The molecule has 1 aromatic carbocycles. The summed E-state index contributed by atoms with van der Waals surface area (Å²) in [7, 11) is 0. The number of carbonyl (C=O) groups is 2. The lowest BCUT2D eigenvalue weighted by atomic mass is 9.67. The van der Waals surface area contributed by atoms with Crippen molar-refractivity contribution in [2.24, 2.45) is 0 Å². The molecule has 1 aliphatic rings. The van der Waals surface area contributed by atoms with Crippen molar-refractivity contribution in [3.63, 3.8) is 0 Å². The summed E-state index contributed by atoms with van der Waals surface area (Å²) in [5.74, 6) is -1.69. The molecule has 1 unspecified atom stereocenters. The van der Waals surface area contributed by atoms with E-state index in [9.17, 15) is 9.59 Å². The average molecular weight is 649 g/mol. The first kappa shape index (κ1) is 24.3. The van der Waals surface area contributed by atoms with Gasteiger partial charge in [0.2, 0.25) is 0 Å². The lowest BCUT2D eigenvalue weighted by Crippen LogP contribution is -2.79. The molecule has 0 saturated carbocycles. The van der Waals surface area contributed by atoms with Crippen LogP contribution in [0.3, 0.4) is 0 Å². The minimum Gasteiger partial charge on any atom is -0.465 e. The maximum atomic E-state index is 13.3. The SMILES string of the molecule is CCOC(=O)[C@@]1(Br)C(c2ccccc2)[C@@](Br)(C(=O)OCC)[C@@](C)(Br)N[C@@]1(C)Br. The first-order valence-electron chi connectivity index (χ1n) is 8.84. The van der Waals surface area contributed by atoms with Crippen LogP contribution in [0.1, 0.15) is 39.2 Å². The van der Waals surface area contributed by atoms with Crippen molar-refractivity contribution >= 4 is 75.7 Å². The van der Waals surface area contributed by atoms with Crippen molar-refractivity contribution in [3.05, 3.63) is 35.9 Å². The van der Waals surface area contributed by atoms with Crippen molar-refractivity contribution in [1.29, 1.82) is 0 Å². The maximum Gasteiger partial charge on any atom is 0.326 e. The van der Waals surface area contributed by atoms with Gasteiger partial charge in [0.15, 0.2) is 8.65 Å². The minimum atomic E-state index is -1.35. The Kier molecular flexibility index (Phi) is 7.51. The van der Waals surface area contributed by atoms with E-state index in [1.165, 1.54) is 0 Å². The quantitative estimate of drug-likeness (QED) is 0.277. The van der Waals surface area contributed by atoms with Gasteiger partial charge >= 0.3 is 11.9 Å². The zero-order valence-corrected chi connectivity index (χ0v) is 22.4. The van der Waals surface area contributed by atoms with E-state index < -0.39 is 35.4 Å². The summed E-state index contributed by atoms with van der Waals surface area (Å²) in [5, 5.41) is 3.33. The van der Waals surface area contributed by atoms with Gasteiger partial charge in [-0.25, -0.2) is 0 Å². The van der Waals surface area contributed by atoms with E-state index in [4.69, 9.17) is 9.47 Å². The highest BCUT2D eigenvalue weighted by Gasteiger charge is 2.75. The van der Waals surface area contributed by atoms with Gasteiger partial charge in [-0.2, -0.15) is 0 Å². The molecule has 1 fully saturated rings. The Labute approximate surface area is 199 Å². The summed E-state index contributed by atoms with van der Waals surface area (Å²) < 4.78 is 6.21. The van der Waals surface area contributed by atoms with Gasteiger partial charge in [-0.15, -0.1) is 0 Å². The van der Waals surface area contributed by atoms with Crippen LogP contribution in [0.2, 0.25) is 0 Å². The van der Waals surface area contributed by atoms with E-state index in [0.717, 1.165) is 5.56 Å². The number of alkyl halides is 4. The lowest BCUT2D eigenvalue weighted by Gasteiger charge is -2.60. The molecule has 1 saturated heterocycles. The van der Waals surface area contributed by atoms with Crippen molar-refractivity contribution in [2.45, 2.75) is 51.2 Å². The summed E-state index contributed by atoms with van der Waals surface area (Å²) in [6, 6.07) is 9.38. The van der Waals surface area contributed by atoms with Crippen LogP contribution in [0.25, 0.3) is 0 Å². The lowest BCUT2D eigenvalue weighted by molar-refractivity contribution is -0.154. The van der Waals surface area contributed by atoms with E-state index in [2.05, 4.69) is 69.0 Å². The average Bonchev–Trinajstić information content (AvgIpc) is 2.60. The molecular formula is C19H23Br4NO4. The Balaban J connectivity index is 2.86. The third kappa shape index (κ3) is 3.74. The van der Waals surface area contributed by atoms with Crippen LogP contribution in [-0.2, 0) is 19.1 Å². The van der Waals surface area contributed by atoms with Gasteiger partial charge in [-0.3, -0.25) is 14.9 Å². The van der Waals surface area contributed by atoms with Crippen molar-refractivity contribution in [1.82, 2.24) is 5.32 Å². The fraction of sp³-hybridized carbons (Fsp3) is 0.579. The number of carbonyl (C=O) groups excluding carboxylic acids is 2. The molecule has 0 radical (unpaired) electrons. The predicted molar refractivity (Wildman–Crippen MR) is 124 cm³/mol. The highest BCUT2D eigenvalue weighted by molar-refractivity contribution is 9.14. The molecule has 5 atom stereocenters. The van der Waals surface area contributed by atoms with E-state index in [1.54, 1.807) is 13.8 Å². The number of benzene rings is 1. The summed E-state index contributed by atoms with van der Waals surface area (Å²) in [6.07, 6.45) is 0. The van der Waals surface area contributed by atoms with Crippen LogP contribution in [0, 0.1) is 0 Å². The zero-order valence-electron chi connectivity index (χ0n) is 16.0. The summed E-state index contributed by atoms with van der Waals surface area (Å²) in [4.78, 5) is 26.5. The number of hydrogen-bond acceptors (Lipinski definition) is 5. The Morgan fingerprint density at radius 1 is 0.893 bits per heavy atom. The molecule has 1 N–H and O–H groups in total. The number of rotatable bonds is 5. The number of nitrogens with one attached hydrogen (secondary N) is 1. The second kappa shape index (κ2) is 8.65. The molecule has 1 aromatic rings. The molecular weight excluding hydrogens is 626 g/mol. The fourth-order valence-electron chi connectivity index (χ4n) is 3.64. The van der Waals surface area contributed by atoms with E-state index >= 15 is 0 Å². The minimum absolute atomic E-state index is 0.205. The van der Waals surface area contributed by atoms with Gasteiger partial charge in [-0.05, 0) is 33.3 Å². The molecule has 1 heterocycles. The number of hydrogen-bond donors (Lipinski definition) is 1. The van der Waals surface area contributed by atoms with Gasteiger partial charge < -0.3 is 9.47 Å². The van der Waals surface area contributed by atoms with Crippen LogP contribution in [0.15, 0.2) is 30.3 Å². The molecule has 0 aromatic heterocycles. The smallest absolute Gasteiger partial charge is 0.326 e. The highest BCUT2D eigenvalue weighted by Crippen LogP contribution is 2.63. The maximum absolute atomic E-state index is 13.3. The molecule has 28 heavy (non-hydrogen) atoms. The van der Waals surface area contributed by atoms with Crippen LogP contribution in [0.5, 0.6) is 0 Å².